The van der Waals surface area contributed by atoms with E-state index in [2.05, 4.69) is 5.32 Å². The molecule has 7 heteroatoms. The molecule has 1 N–H and O–H groups in total. The van der Waals surface area contributed by atoms with Gasteiger partial charge in [-0.3, -0.25) is 4.79 Å². The molecule has 1 aromatic heterocycles. The summed E-state index contributed by atoms with van der Waals surface area (Å²) < 4.78 is 21.3. The largest absolute Gasteiger partial charge is 0.372 e. The van der Waals surface area contributed by atoms with Crippen LogP contribution >= 0.6 is 23.2 Å². The van der Waals surface area contributed by atoms with Crippen molar-refractivity contribution in [1.29, 1.82) is 0 Å². The first-order chi connectivity index (χ1) is 11.6. The molecule has 1 saturated heterocycles. The van der Waals surface area contributed by atoms with Crippen LogP contribution in [0.5, 0.6) is 0 Å². The summed E-state index contributed by atoms with van der Waals surface area (Å²) in [5, 5.41) is 3.54. The van der Waals surface area contributed by atoms with Gasteiger partial charge in [-0.1, -0.05) is 29.3 Å². The summed E-state index contributed by atoms with van der Waals surface area (Å²) in [4.78, 5) is 12.2. The monoisotopic (exact) mass is 370 g/mol. The van der Waals surface area contributed by atoms with E-state index in [1.165, 1.54) is 12.1 Å². The SMILES string of the molecule is O=c1c(Cl)cccn1C[C@@H]1CNCCO[C@H]1c1ccc(Cl)c(F)c1. The average Bonchev–Trinajstić information content (AvgIpc) is 2.80. The van der Waals surface area contributed by atoms with Gasteiger partial charge in [-0.25, -0.2) is 4.39 Å². The molecule has 1 aromatic carbocycles. The Bertz CT molecular complexity index is 781. The van der Waals surface area contributed by atoms with Gasteiger partial charge in [0.1, 0.15) is 10.8 Å². The maximum absolute atomic E-state index is 13.8. The number of benzene rings is 1. The summed E-state index contributed by atoms with van der Waals surface area (Å²) in [6.45, 7) is 2.28. The highest BCUT2D eigenvalue weighted by Crippen LogP contribution is 2.30. The molecule has 0 unspecified atom stereocenters. The van der Waals surface area contributed by atoms with Crippen molar-refractivity contribution in [3.05, 3.63) is 68.3 Å². The van der Waals surface area contributed by atoms with Crippen LogP contribution in [0.3, 0.4) is 0 Å². The summed E-state index contributed by atoms with van der Waals surface area (Å²) in [7, 11) is 0. The van der Waals surface area contributed by atoms with Crippen LogP contribution in [-0.4, -0.2) is 24.3 Å². The molecule has 2 atom stereocenters. The molecule has 128 valence electrons. The average molecular weight is 371 g/mol. The van der Waals surface area contributed by atoms with Crippen LogP contribution in [0, 0.1) is 11.7 Å². The molecule has 0 amide bonds. The minimum atomic E-state index is -0.478. The Morgan fingerprint density at radius 2 is 2.12 bits per heavy atom. The summed E-state index contributed by atoms with van der Waals surface area (Å²) in [6.07, 6.45) is 1.36. The van der Waals surface area contributed by atoms with Gasteiger partial charge in [0.15, 0.2) is 0 Å². The number of aromatic nitrogens is 1. The zero-order valence-corrected chi connectivity index (χ0v) is 14.4. The van der Waals surface area contributed by atoms with E-state index in [4.69, 9.17) is 27.9 Å². The third-order valence-corrected chi connectivity index (χ3v) is 4.68. The Balaban J connectivity index is 1.91. The Kier molecular flexibility index (Phi) is 5.56. The highest BCUT2D eigenvalue weighted by Gasteiger charge is 2.27. The van der Waals surface area contributed by atoms with Gasteiger partial charge in [0, 0.05) is 31.7 Å². The van der Waals surface area contributed by atoms with Crippen molar-refractivity contribution in [2.45, 2.75) is 12.6 Å². The molecule has 1 aliphatic rings. The lowest BCUT2D eigenvalue weighted by atomic mass is 9.95. The van der Waals surface area contributed by atoms with Gasteiger partial charge in [-0.15, -0.1) is 0 Å². The zero-order chi connectivity index (χ0) is 17.1. The lowest BCUT2D eigenvalue weighted by molar-refractivity contribution is 0.0249. The van der Waals surface area contributed by atoms with Crippen LogP contribution in [0.25, 0.3) is 0 Å². The van der Waals surface area contributed by atoms with Gasteiger partial charge in [0.05, 0.1) is 17.7 Å². The quantitative estimate of drug-likeness (QED) is 0.901. The van der Waals surface area contributed by atoms with E-state index in [-0.39, 0.29) is 27.6 Å². The van der Waals surface area contributed by atoms with Crippen LogP contribution in [0.1, 0.15) is 11.7 Å². The maximum Gasteiger partial charge on any atom is 0.269 e. The highest BCUT2D eigenvalue weighted by atomic mass is 35.5. The number of hydrogen-bond donors (Lipinski definition) is 1. The van der Waals surface area contributed by atoms with Gasteiger partial charge in [0.2, 0.25) is 0 Å². The zero-order valence-electron chi connectivity index (χ0n) is 12.8. The van der Waals surface area contributed by atoms with Crippen LogP contribution in [0.15, 0.2) is 41.3 Å². The molecular formula is C17H17Cl2FN2O2. The van der Waals surface area contributed by atoms with Crippen molar-refractivity contribution in [3.8, 4) is 0 Å². The first-order valence-corrected chi connectivity index (χ1v) is 8.44. The Hall–Kier alpha value is -1.40. The number of pyridine rings is 1. The van der Waals surface area contributed by atoms with E-state index < -0.39 is 5.82 Å². The topological polar surface area (TPSA) is 43.3 Å². The second-order valence-corrected chi connectivity index (χ2v) is 6.56. The molecule has 1 fully saturated rings. The lowest BCUT2D eigenvalue weighted by Crippen LogP contribution is -2.32. The summed E-state index contributed by atoms with van der Waals surface area (Å²) in [5.74, 6) is -0.530. The van der Waals surface area contributed by atoms with Crippen molar-refractivity contribution < 1.29 is 9.13 Å². The predicted molar refractivity (Wildman–Crippen MR) is 92.2 cm³/mol. The Labute approximate surface area is 149 Å². The van der Waals surface area contributed by atoms with Crippen molar-refractivity contribution in [1.82, 2.24) is 9.88 Å². The Morgan fingerprint density at radius 3 is 2.92 bits per heavy atom. The molecule has 24 heavy (non-hydrogen) atoms. The van der Waals surface area contributed by atoms with E-state index in [1.54, 1.807) is 29.0 Å². The van der Waals surface area contributed by atoms with Crippen molar-refractivity contribution >= 4 is 23.2 Å². The van der Waals surface area contributed by atoms with Crippen LogP contribution < -0.4 is 10.9 Å². The molecule has 0 aliphatic carbocycles. The molecular weight excluding hydrogens is 354 g/mol. The van der Waals surface area contributed by atoms with Gasteiger partial charge < -0.3 is 14.6 Å². The van der Waals surface area contributed by atoms with E-state index in [9.17, 15) is 9.18 Å². The number of hydrogen-bond acceptors (Lipinski definition) is 3. The second-order valence-electron chi connectivity index (χ2n) is 5.74. The molecule has 2 heterocycles. The minimum absolute atomic E-state index is 0.0516. The fraction of sp³-hybridized carbons (Fsp3) is 0.353. The molecule has 1 aliphatic heterocycles. The van der Waals surface area contributed by atoms with Gasteiger partial charge in [-0.05, 0) is 29.8 Å². The fourth-order valence-corrected chi connectivity index (χ4v) is 3.21. The smallest absolute Gasteiger partial charge is 0.269 e. The first-order valence-electron chi connectivity index (χ1n) is 7.68. The number of nitrogens with one attached hydrogen (secondary N) is 1. The summed E-state index contributed by atoms with van der Waals surface area (Å²) in [6, 6.07) is 7.97. The number of ether oxygens (including phenoxy) is 1. The van der Waals surface area contributed by atoms with E-state index in [0.29, 0.717) is 31.8 Å². The third kappa shape index (κ3) is 3.81. The number of nitrogens with zero attached hydrogens (tertiary/aromatic N) is 1. The summed E-state index contributed by atoms with van der Waals surface area (Å²) >= 11 is 11.7. The van der Waals surface area contributed by atoms with Crippen LogP contribution in [-0.2, 0) is 11.3 Å². The van der Waals surface area contributed by atoms with Gasteiger partial charge in [0.25, 0.3) is 5.56 Å². The molecule has 2 aromatic rings. The van der Waals surface area contributed by atoms with E-state index >= 15 is 0 Å². The molecule has 0 spiro atoms. The standard InChI is InChI=1S/C17H17Cl2FN2O2/c18-13-4-3-11(8-15(13)20)16-12(9-21-5-7-24-16)10-22-6-1-2-14(19)17(22)23/h1-4,6,8,12,16,21H,5,7,9-10H2/t12-,16-/m0/s1. The number of halogens is 3. The van der Waals surface area contributed by atoms with Crippen LogP contribution in [0.2, 0.25) is 10.0 Å². The second kappa shape index (κ2) is 7.66. The summed E-state index contributed by atoms with van der Waals surface area (Å²) in [5.41, 5.74) is 0.463. The number of rotatable bonds is 3. The predicted octanol–water partition coefficient (Wildman–Crippen LogP) is 3.27. The Morgan fingerprint density at radius 1 is 1.29 bits per heavy atom. The van der Waals surface area contributed by atoms with Crippen molar-refractivity contribution in [3.63, 3.8) is 0 Å². The van der Waals surface area contributed by atoms with E-state index in [0.717, 1.165) is 0 Å². The molecule has 0 radical (unpaired) electrons. The van der Waals surface area contributed by atoms with Gasteiger partial charge >= 0.3 is 0 Å². The van der Waals surface area contributed by atoms with Crippen LogP contribution in [0.4, 0.5) is 4.39 Å². The van der Waals surface area contributed by atoms with E-state index in [1.807, 2.05) is 0 Å². The van der Waals surface area contributed by atoms with Crippen molar-refractivity contribution in [2.24, 2.45) is 5.92 Å². The normalized spacial score (nSPS) is 21.5. The molecule has 0 saturated carbocycles. The lowest BCUT2D eigenvalue weighted by Gasteiger charge is -2.26. The first kappa shape index (κ1) is 17.4. The molecule has 0 bridgehead atoms. The van der Waals surface area contributed by atoms with Crippen molar-refractivity contribution in [2.75, 3.05) is 19.7 Å². The highest BCUT2D eigenvalue weighted by molar-refractivity contribution is 6.30. The fourth-order valence-electron chi connectivity index (χ4n) is 2.91. The molecule has 3 rings (SSSR count). The third-order valence-electron chi connectivity index (χ3n) is 4.09. The maximum atomic E-state index is 13.8. The van der Waals surface area contributed by atoms with Gasteiger partial charge in [-0.2, -0.15) is 0 Å². The molecule has 4 nitrogen and oxygen atoms in total. The minimum Gasteiger partial charge on any atom is -0.372 e.